The molecule has 1 N–H and O–H groups in total. The average molecular weight is 266 g/mol. The lowest BCUT2D eigenvalue weighted by Gasteiger charge is -2.23. The third-order valence-corrected chi connectivity index (χ3v) is 4.19. The first-order chi connectivity index (χ1) is 9.57. The second-order valence-corrected chi connectivity index (χ2v) is 6.45. The number of benzene rings is 2. The van der Waals surface area contributed by atoms with Gasteiger partial charge in [0.1, 0.15) is 0 Å². The fourth-order valence-electron chi connectivity index (χ4n) is 3.26. The fraction of sp³-hybridized carbons (Fsp3) is 0.368. The minimum Gasteiger partial charge on any atom is -0.384 e. The summed E-state index contributed by atoms with van der Waals surface area (Å²) in [7, 11) is 0. The third-order valence-electron chi connectivity index (χ3n) is 4.19. The molecule has 0 bridgehead atoms. The van der Waals surface area contributed by atoms with Gasteiger partial charge in [-0.3, -0.25) is 0 Å². The molecule has 0 radical (unpaired) electrons. The number of fused-ring (bicyclic) bond motifs is 1. The number of rotatable bonds is 3. The van der Waals surface area contributed by atoms with Gasteiger partial charge < -0.3 is 5.11 Å². The molecule has 0 unspecified atom stereocenters. The Morgan fingerprint density at radius 2 is 1.65 bits per heavy atom. The third kappa shape index (κ3) is 2.51. The zero-order valence-electron chi connectivity index (χ0n) is 12.3. The van der Waals surface area contributed by atoms with Crippen molar-refractivity contribution in [2.24, 2.45) is 5.92 Å². The van der Waals surface area contributed by atoms with Gasteiger partial charge in [0, 0.05) is 12.8 Å². The smallest absolute Gasteiger partial charge is 0.0977 e. The van der Waals surface area contributed by atoms with Crippen LogP contribution in [0.15, 0.2) is 48.5 Å². The van der Waals surface area contributed by atoms with Gasteiger partial charge in [-0.05, 0) is 34.6 Å². The molecule has 0 heterocycles. The van der Waals surface area contributed by atoms with E-state index in [4.69, 9.17) is 0 Å². The van der Waals surface area contributed by atoms with Crippen molar-refractivity contribution in [2.75, 3.05) is 0 Å². The molecule has 2 aromatic rings. The molecule has 0 aliphatic heterocycles. The van der Waals surface area contributed by atoms with E-state index in [1.165, 1.54) is 16.7 Å². The maximum Gasteiger partial charge on any atom is 0.0977 e. The predicted molar refractivity (Wildman–Crippen MR) is 82.7 cm³/mol. The van der Waals surface area contributed by atoms with Crippen molar-refractivity contribution in [3.8, 4) is 0 Å². The molecule has 1 aliphatic rings. The molecule has 0 saturated heterocycles. The summed E-state index contributed by atoms with van der Waals surface area (Å²) in [6, 6.07) is 16.9. The van der Waals surface area contributed by atoms with E-state index in [-0.39, 0.29) is 0 Å². The summed E-state index contributed by atoms with van der Waals surface area (Å²) in [4.78, 5) is 0. The van der Waals surface area contributed by atoms with Crippen molar-refractivity contribution in [3.05, 3.63) is 70.8 Å². The Hall–Kier alpha value is -1.60. The van der Waals surface area contributed by atoms with Crippen LogP contribution < -0.4 is 0 Å². The van der Waals surface area contributed by atoms with Gasteiger partial charge in [0.05, 0.1) is 5.60 Å². The lowest BCUT2D eigenvalue weighted by molar-refractivity contribution is 0.0481. The molecule has 0 aromatic heterocycles. The van der Waals surface area contributed by atoms with Crippen LogP contribution in [0.3, 0.4) is 0 Å². The van der Waals surface area contributed by atoms with E-state index in [0.29, 0.717) is 5.92 Å². The van der Waals surface area contributed by atoms with Crippen molar-refractivity contribution < 1.29 is 5.11 Å². The van der Waals surface area contributed by atoms with Crippen molar-refractivity contribution in [1.82, 2.24) is 0 Å². The van der Waals surface area contributed by atoms with Gasteiger partial charge in [0.25, 0.3) is 0 Å². The molecule has 3 rings (SSSR count). The van der Waals surface area contributed by atoms with Gasteiger partial charge in [-0.2, -0.15) is 0 Å². The normalized spacial score (nSPS) is 16.4. The highest BCUT2D eigenvalue weighted by Gasteiger charge is 2.36. The highest BCUT2D eigenvalue weighted by molar-refractivity contribution is 5.40. The molecule has 20 heavy (non-hydrogen) atoms. The van der Waals surface area contributed by atoms with Crippen molar-refractivity contribution in [1.29, 1.82) is 0 Å². The molecule has 1 aliphatic carbocycles. The SMILES string of the molecule is CC(C)Cc1cccc(C2(O)Cc3ccccc3C2)c1. The topological polar surface area (TPSA) is 20.2 Å². The summed E-state index contributed by atoms with van der Waals surface area (Å²) in [5, 5.41) is 11.0. The van der Waals surface area contributed by atoms with Gasteiger partial charge in [0.15, 0.2) is 0 Å². The molecule has 1 heteroatoms. The molecule has 0 fully saturated rings. The number of hydrogen-bond donors (Lipinski definition) is 1. The maximum absolute atomic E-state index is 11.0. The van der Waals surface area contributed by atoms with Crippen LogP contribution in [0.4, 0.5) is 0 Å². The van der Waals surface area contributed by atoms with Crippen molar-refractivity contribution in [2.45, 2.75) is 38.7 Å². The first-order valence-electron chi connectivity index (χ1n) is 7.45. The molecule has 0 amide bonds. The van der Waals surface area contributed by atoms with Crippen LogP contribution in [0.2, 0.25) is 0 Å². The highest BCUT2D eigenvalue weighted by atomic mass is 16.3. The van der Waals surface area contributed by atoms with Crippen LogP contribution in [-0.4, -0.2) is 5.11 Å². The summed E-state index contributed by atoms with van der Waals surface area (Å²) in [6.45, 7) is 4.46. The van der Waals surface area contributed by atoms with Crippen LogP contribution in [0.1, 0.15) is 36.1 Å². The monoisotopic (exact) mass is 266 g/mol. The van der Waals surface area contributed by atoms with E-state index in [9.17, 15) is 5.11 Å². The molecule has 0 saturated carbocycles. The summed E-state index contributed by atoms with van der Waals surface area (Å²) in [6.07, 6.45) is 2.53. The zero-order chi connectivity index (χ0) is 14.2. The van der Waals surface area contributed by atoms with Crippen LogP contribution in [0.25, 0.3) is 0 Å². The Labute approximate surface area is 121 Å². The van der Waals surface area contributed by atoms with Crippen LogP contribution in [0.5, 0.6) is 0 Å². The largest absolute Gasteiger partial charge is 0.384 e. The molecule has 1 nitrogen and oxygen atoms in total. The minimum absolute atomic E-state index is 0.640. The van der Waals surface area contributed by atoms with Gasteiger partial charge in [-0.15, -0.1) is 0 Å². The molecule has 0 atom stereocenters. The summed E-state index contributed by atoms with van der Waals surface area (Å²) >= 11 is 0. The van der Waals surface area contributed by atoms with Crippen LogP contribution in [-0.2, 0) is 24.9 Å². The summed E-state index contributed by atoms with van der Waals surface area (Å²) < 4.78 is 0. The zero-order valence-corrected chi connectivity index (χ0v) is 12.3. The van der Waals surface area contributed by atoms with E-state index >= 15 is 0 Å². The first kappa shape index (κ1) is 13.4. The van der Waals surface area contributed by atoms with E-state index in [2.05, 4.69) is 62.4 Å². The molecule has 0 spiro atoms. The Kier molecular flexibility index (Phi) is 3.39. The van der Waals surface area contributed by atoms with Gasteiger partial charge in [-0.1, -0.05) is 62.4 Å². The standard InChI is InChI=1S/C19H22O/c1-14(2)10-15-6-5-9-18(11-15)19(20)12-16-7-3-4-8-17(16)13-19/h3-9,11,14,20H,10,12-13H2,1-2H3. The lowest BCUT2D eigenvalue weighted by atomic mass is 9.88. The van der Waals surface area contributed by atoms with Gasteiger partial charge >= 0.3 is 0 Å². The van der Waals surface area contributed by atoms with Gasteiger partial charge in [-0.25, -0.2) is 0 Å². The maximum atomic E-state index is 11.0. The van der Waals surface area contributed by atoms with Crippen molar-refractivity contribution in [3.63, 3.8) is 0 Å². The highest BCUT2D eigenvalue weighted by Crippen LogP contribution is 2.37. The lowest BCUT2D eigenvalue weighted by Crippen LogP contribution is -2.26. The van der Waals surface area contributed by atoms with Crippen LogP contribution in [0, 0.1) is 5.92 Å². The summed E-state index contributed by atoms with van der Waals surface area (Å²) in [5.41, 5.74) is 4.22. The Balaban J connectivity index is 1.90. The second-order valence-electron chi connectivity index (χ2n) is 6.45. The second kappa shape index (κ2) is 5.06. The van der Waals surface area contributed by atoms with Crippen molar-refractivity contribution >= 4 is 0 Å². The minimum atomic E-state index is -0.726. The van der Waals surface area contributed by atoms with Gasteiger partial charge in [0.2, 0.25) is 0 Å². The van der Waals surface area contributed by atoms with E-state index in [1.54, 1.807) is 0 Å². The Morgan fingerprint density at radius 3 is 2.25 bits per heavy atom. The fourth-order valence-corrected chi connectivity index (χ4v) is 3.26. The average Bonchev–Trinajstić information content (AvgIpc) is 2.76. The molecule has 2 aromatic carbocycles. The van der Waals surface area contributed by atoms with E-state index in [0.717, 1.165) is 24.8 Å². The molecular weight excluding hydrogens is 244 g/mol. The van der Waals surface area contributed by atoms with E-state index in [1.807, 2.05) is 0 Å². The Morgan fingerprint density at radius 1 is 1.00 bits per heavy atom. The molecular formula is C19H22O. The Bertz CT molecular complexity index is 588. The quantitative estimate of drug-likeness (QED) is 0.894. The van der Waals surface area contributed by atoms with E-state index < -0.39 is 5.60 Å². The molecule has 104 valence electrons. The predicted octanol–water partition coefficient (Wildman–Crippen LogP) is 3.87. The van der Waals surface area contributed by atoms with Crippen LogP contribution >= 0.6 is 0 Å². The number of hydrogen-bond acceptors (Lipinski definition) is 1. The summed E-state index contributed by atoms with van der Waals surface area (Å²) in [5.74, 6) is 0.640. The first-order valence-corrected chi connectivity index (χ1v) is 7.45. The number of aliphatic hydroxyl groups is 1.